The van der Waals surface area contributed by atoms with E-state index >= 15 is 0 Å². The lowest BCUT2D eigenvalue weighted by molar-refractivity contribution is -0.118. The van der Waals surface area contributed by atoms with Crippen molar-refractivity contribution < 1.29 is 9.59 Å². The standard InChI is InChI=1S/C34H36N8O2/c1-20-31(21(2)40-39-20)23-9-11-26(12-10-23)37-34(44)32(38-33(43)30-15-16-35-41(30)3)28-6-4-5-22-7-8-24(17-29(22)28)25-18-36-42(19-25)27-13-14-27/h7-12,15-19,27-28,32H,4-6,13-14H2,1-3H3,(H,37,44)(H,38,43)(H,39,40)/t28-,32+/m1/s1. The molecule has 2 atom stereocenters. The van der Waals surface area contributed by atoms with Crippen molar-refractivity contribution >= 4 is 17.5 Å². The molecule has 10 heteroatoms. The van der Waals surface area contributed by atoms with Crippen LogP contribution in [0, 0.1) is 13.8 Å². The number of benzene rings is 2. The molecule has 1 saturated carbocycles. The van der Waals surface area contributed by atoms with Gasteiger partial charge in [0.15, 0.2) is 0 Å². The second-order valence-corrected chi connectivity index (χ2v) is 12.0. The Morgan fingerprint density at radius 1 is 0.977 bits per heavy atom. The van der Waals surface area contributed by atoms with Gasteiger partial charge in [0.25, 0.3) is 5.91 Å². The highest BCUT2D eigenvalue weighted by molar-refractivity contribution is 6.01. The molecule has 224 valence electrons. The van der Waals surface area contributed by atoms with Gasteiger partial charge in [0, 0.05) is 47.9 Å². The Hall–Kier alpha value is -4.99. The monoisotopic (exact) mass is 588 g/mol. The number of aryl methyl sites for hydroxylation is 4. The summed E-state index contributed by atoms with van der Waals surface area (Å²) in [5.74, 6) is -0.793. The molecular formula is C34H36N8O2. The number of rotatable bonds is 8. The Morgan fingerprint density at radius 3 is 2.48 bits per heavy atom. The van der Waals surface area contributed by atoms with Gasteiger partial charge in [-0.3, -0.25) is 24.1 Å². The molecule has 0 bridgehead atoms. The fourth-order valence-corrected chi connectivity index (χ4v) is 6.46. The van der Waals surface area contributed by atoms with E-state index in [4.69, 9.17) is 0 Å². The summed E-state index contributed by atoms with van der Waals surface area (Å²) in [6, 6.07) is 15.6. The van der Waals surface area contributed by atoms with E-state index in [9.17, 15) is 9.59 Å². The van der Waals surface area contributed by atoms with Gasteiger partial charge in [-0.05, 0) is 86.4 Å². The second kappa shape index (κ2) is 11.3. The summed E-state index contributed by atoms with van der Waals surface area (Å²) in [4.78, 5) is 27.6. The summed E-state index contributed by atoms with van der Waals surface area (Å²) < 4.78 is 3.57. The molecule has 0 unspecified atom stereocenters. The lowest BCUT2D eigenvalue weighted by atomic mass is 9.77. The van der Waals surface area contributed by atoms with Gasteiger partial charge in [0.05, 0.1) is 17.9 Å². The van der Waals surface area contributed by atoms with Crippen molar-refractivity contribution in [1.29, 1.82) is 0 Å². The second-order valence-electron chi connectivity index (χ2n) is 12.0. The topological polar surface area (TPSA) is 123 Å². The van der Waals surface area contributed by atoms with Gasteiger partial charge in [0.1, 0.15) is 11.7 Å². The van der Waals surface area contributed by atoms with Gasteiger partial charge in [-0.15, -0.1) is 0 Å². The van der Waals surface area contributed by atoms with E-state index in [1.807, 2.05) is 44.3 Å². The molecule has 2 amide bonds. The van der Waals surface area contributed by atoms with E-state index in [0.717, 1.165) is 58.5 Å². The Labute approximate surface area is 255 Å². The highest BCUT2D eigenvalue weighted by atomic mass is 16.2. The fourth-order valence-electron chi connectivity index (χ4n) is 6.46. The molecule has 2 aromatic carbocycles. The Kier molecular flexibility index (Phi) is 7.12. The number of hydrogen-bond acceptors (Lipinski definition) is 5. The van der Waals surface area contributed by atoms with Crippen molar-refractivity contribution in [2.24, 2.45) is 7.05 Å². The maximum Gasteiger partial charge on any atom is 0.270 e. The lowest BCUT2D eigenvalue weighted by Crippen LogP contribution is -2.48. The van der Waals surface area contributed by atoms with Crippen LogP contribution in [0.15, 0.2) is 67.1 Å². The average molecular weight is 589 g/mol. The molecule has 10 nitrogen and oxygen atoms in total. The van der Waals surface area contributed by atoms with Gasteiger partial charge in [0.2, 0.25) is 5.91 Å². The summed E-state index contributed by atoms with van der Waals surface area (Å²) in [7, 11) is 1.72. The van der Waals surface area contributed by atoms with E-state index in [0.29, 0.717) is 17.4 Å². The third-order valence-electron chi connectivity index (χ3n) is 8.96. The Balaban J connectivity index is 1.20. The number of carbonyl (C=O) groups excluding carboxylic acids is 2. The minimum absolute atomic E-state index is 0.204. The van der Waals surface area contributed by atoms with Crippen molar-refractivity contribution in [2.45, 2.75) is 64.0 Å². The SMILES string of the molecule is Cc1n[nH]c(C)c1-c1ccc(NC(=O)[C@@H](NC(=O)c2ccnn2C)[C@@H]2CCCc3ccc(-c4cnn(C5CC5)c4)cc32)cc1. The molecule has 3 N–H and O–H groups in total. The van der Waals surface area contributed by atoms with Crippen molar-refractivity contribution in [2.75, 3.05) is 5.32 Å². The van der Waals surface area contributed by atoms with Crippen molar-refractivity contribution in [3.8, 4) is 22.3 Å². The van der Waals surface area contributed by atoms with E-state index in [2.05, 4.69) is 60.1 Å². The third kappa shape index (κ3) is 5.32. The first kappa shape index (κ1) is 27.8. The quantitative estimate of drug-likeness (QED) is 0.222. The van der Waals surface area contributed by atoms with Crippen molar-refractivity contribution in [3.05, 3.63) is 95.3 Å². The highest BCUT2D eigenvalue weighted by Crippen LogP contribution is 2.39. The highest BCUT2D eigenvalue weighted by Gasteiger charge is 2.35. The smallest absolute Gasteiger partial charge is 0.270 e. The molecule has 5 aromatic rings. The van der Waals surface area contributed by atoms with Crippen LogP contribution in [0.4, 0.5) is 5.69 Å². The molecule has 3 heterocycles. The van der Waals surface area contributed by atoms with Gasteiger partial charge >= 0.3 is 0 Å². The molecular weight excluding hydrogens is 552 g/mol. The first-order valence-electron chi connectivity index (χ1n) is 15.2. The van der Waals surface area contributed by atoms with Crippen molar-refractivity contribution in [3.63, 3.8) is 0 Å². The van der Waals surface area contributed by atoms with Crippen LogP contribution in [0.3, 0.4) is 0 Å². The summed E-state index contributed by atoms with van der Waals surface area (Å²) in [6.07, 6.45) is 10.6. The molecule has 1 fully saturated rings. The summed E-state index contributed by atoms with van der Waals surface area (Å²) in [6.45, 7) is 3.96. The maximum atomic E-state index is 14.1. The zero-order valence-electron chi connectivity index (χ0n) is 25.2. The molecule has 2 aliphatic carbocycles. The summed E-state index contributed by atoms with van der Waals surface area (Å²) in [5.41, 5.74) is 9.49. The number of H-pyrrole nitrogens is 1. The number of anilines is 1. The van der Waals surface area contributed by atoms with Crippen LogP contribution in [0.5, 0.6) is 0 Å². The van der Waals surface area contributed by atoms with E-state index in [1.165, 1.54) is 23.1 Å². The average Bonchev–Trinajstić information content (AvgIpc) is 3.42. The number of aromatic nitrogens is 6. The van der Waals surface area contributed by atoms with Crippen LogP contribution < -0.4 is 10.6 Å². The first-order chi connectivity index (χ1) is 21.4. The van der Waals surface area contributed by atoms with Crippen molar-refractivity contribution in [1.82, 2.24) is 35.1 Å². The van der Waals surface area contributed by atoms with E-state index in [1.54, 1.807) is 19.3 Å². The third-order valence-corrected chi connectivity index (χ3v) is 8.96. The normalized spacial score (nSPS) is 16.8. The summed E-state index contributed by atoms with van der Waals surface area (Å²) in [5, 5.41) is 22.2. The molecule has 0 radical (unpaired) electrons. The fraction of sp³-hybridized carbons (Fsp3) is 0.324. The number of carbonyl (C=O) groups is 2. The van der Waals surface area contributed by atoms with Gasteiger partial charge in [-0.25, -0.2) is 0 Å². The minimum Gasteiger partial charge on any atom is -0.338 e. The first-order valence-corrected chi connectivity index (χ1v) is 15.2. The van der Waals surface area contributed by atoms with Crippen LogP contribution in [0.2, 0.25) is 0 Å². The number of fused-ring (bicyclic) bond motifs is 1. The number of amides is 2. The van der Waals surface area contributed by atoms with Gasteiger partial charge < -0.3 is 10.6 Å². The number of aromatic amines is 1. The zero-order chi connectivity index (χ0) is 30.4. The van der Waals surface area contributed by atoms with Gasteiger partial charge in [-0.2, -0.15) is 15.3 Å². The Bertz CT molecular complexity index is 1820. The predicted octanol–water partition coefficient (Wildman–Crippen LogP) is 5.48. The van der Waals surface area contributed by atoms with E-state index < -0.39 is 6.04 Å². The van der Waals surface area contributed by atoms with Gasteiger partial charge in [-0.1, -0.05) is 30.3 Å². The molecule has 7 rings (SSSR count). The summed E-state index contributed by atoms with van der Waals surface area (Å²) >= 11 is 0. The molecule has 0 spiro atoms. The van der Waals surface area contributed by atoms with Crippen LogP contribution in [-0.2, 0) is 18.3 Å². The number of nitrogens with zero attached hydrogens (tertiary/aromatic N) is 5. The van der Waals surface area contributed by atoms with Crippen LogP contribution in [0.1, 0.15) is 70.6 Å². The van der Waals surface area contributed by atoms with Crippen LogP contribution >= 0.6 is 0 Å². The molecule has 3 aromatic heterocycles. The number of hydrogen-bond donors (Lipinski definition) is 3. The molecule has 2 aliphatic rings. The molecule has 0 aliphatic heterocycles. The maximum absolute atomic E-state index is 14.1. The molecule has 0 saturated heterocycles. The van der Waals surface area contributed by atoms with Crippen LogP contribution in [-0.4, -0.2) is 47.6 Å². The lowest BCUT2D eigenvalue weighted by Gasteiger charge is -2.32. The van der Waals surface area contributed by atoms with E-state index in [-0.39, 0.29) is 17.7 Å². The number of nitrogens with one attached hydrogen (secondary N) is 3. The van der Waals surface area contributed by atoms with Crippen LogP contribution in [0.25, 0.3) is 22.3 Å². The minimum atomic E-state index is -0.793. The largest absolute Gasteiger partial charge is 0.338 e. The zero-order valence-corrected chi connectivity index (χ0v) is 25.2. The predicted molar refractivity (Wildman–Crippen MR) is 168 cm³/mol. The molecule has 44 heavy (non-hydrogen) atoms. The Morgan fingerprint density at radius 2 is 1.77 bits per heavy atom.